The van der Waals surface area contributed by atoms with Gasteiger partial charge >= 0.3 is 0 Å². The minimum absolute atomic E-state index is 0.0406. The maximum absolute atomic E-state index is 13.3. The lowest BCUT2D eigenvalue weighted by Crippen LogP contribution is -2.61. The first-order valence-electron chi connectivity index (χ1n) is 13.2. The van der Waals surface area contributed by atoms with Crippen LogP contribution in [0.1, 0.15) is 0 Å². The lowest BCUT2D eigenvalue weighted by molar-refractivity contribution is -0.307. The summed E-state index contributed by atoms with van der Waals surface area (Å²) in [5.74, 6) is 0.280. The molecular formula is C28H32O15. The maximum atomic E-state index is 13.3. The summed E-state index contributed by atoms with van der Waals surface area (Å²) in [6.45, 7) is -0.812. The van der Waals surface area contributed by atoms with E-state index in [0.29, 0.717) is 5.56 Å². The lowest BCUT2D eigenvalue weighted by Gasteiger charge is -2.41. The van der Waals surface area contributed by atoms with Crippen LogP contribution in [0.5, 0.6) is 23.0 Å². The number of ether oxygens (including phenoxy) is 6. The molecule has 0 aliphatic carbocycles. The maximum Gasteiger partial charge on any atom is 0.229 e. The second kappa shape index (κ2) is 12.6. The fourth-order valence-electron chi connectivity index (χ4n) is 4.80. The molecule has 9 atom stereocenters. The zero-order chi connectivity index (χ0) is 31.0. The van der Waals surface area contributed by atoms with Gasteiger partial charge in [0.2, 0.25) is 6.29 Å². The Kier molecular flexibility index (Phi) is 9.07. The molecule has 234 valence electrons. The van der Waals surface area contributed by atoms with Gasteiger partial charge in [0.25, 0.3) is 0 Å². The van der Waals surface area contributed by atoms with Gasteiger partial charge < -0.3 is 68.6 Å². The molecule has 0 bridgehead atoms. The highest BCUT2D eigenvalue weighted by atomic mass is 16.7. The van der Waals surface area contributed by atoms with Crippen LogP contribution in [0.15, 0.2) is 45.6 Å². The van der Waals surface area contributed by atoms with Gasteiger partial charge in [-0.2, -0.15) is 0 Å². The van der Waals surface area contributed by atoms with Gasteiger partial charge in [0.05, 0.1) is 27.4 Å². The van der Waals surface area contributed by atoms with E-state index in [1.807, 2.05) is 0 Å². The monoisotopic (exact) mass is 608 g/mol. The molecule has 7 N–H and O–H groups in total. The minimum Gasteiger partial charge on any atom is -0.504 e. The number of rotatable bonds is 8. The molecule has 2 aliphatic rings. The molecule has 5 rings (SSSR count). The molecule has 0 saturated carbocycles. The summed E-state index contributed by atoms with van der Waals surface area (Å²) >= 11 is 0. The van der Waals surface area contributed by atoms with Gasteiger partial charge in [0.15, 0.2) is 23.2 Å². The van der Waals surface area contributed by atoms with E-state index in [-0.39, 0.29) is 46.3 Å². The summed E-state index contributed by atoms with van der Waals surface area (Å²) in [4.78, 5) is 13.3. The van der Waals surface area contributed by atoms with Crippen molar-refractivity contribution < 1.29 is 68.6 Å². The third kappa shape index (κ3) is 6.12. The van der Waals surface area contributed by atoms with Crippen molar-refractivity contribution in [1.82, 2.24) is 0 Å². The summed E-state index contributed by atoms with van der Waals surface area (Å²) in [6, 6.07) is 8.38. The lowest BCUT2D eigenvalue weighted by atomic mass is 9.99. The zero-order valence-corrected chi connectivity index (χ0v) is 23.0. The number of phenols is 1. The Balaban J connectivity index is 1.41. The molecule has 2 saturated heterocycles. The van der Waals surface area contributed by atoms with E-state index >= 15 is 0 Å². The number of hydrogen-bond acceptors (Lipinski definition) is 15. The van der Waals surface area contributed by atoms with Crippen LogP contribution in [-0.4, -0.2) is 118 Å². The number of aliphatic hydroxyl groups is 6. The number of hydrogen-bond donors (Lipinski definition) is 7. The minimum atomic E-state index is -1.78. The number of aromatic hydroxyl groups is 1. The molecule has 43 heavy (non-hydrogen) atoms. The molecule has 0 spiro atoms. The third-order valence-electron chi connectivity index (χ3n) is 7.26. The largest absolute Gasteiger partial charge is 0.504 e. The molecule has 2 fully saturated rings. The highest BCUT2D eigenvalue weighted by Gasteiger charge is 2.46. The van der Waals surface area contributed by atoms with E-state index in [9.17, 15) is 40.5 Å². The Morgan fingerprint density at radius 2 is 1.58 bits per heavy atom. The molecule has 3 aromatic rings. The average Bonchev–Trinajstić information content (AvgIpc) is 3.00. The molecule has 0 amide bonds. The van der Waals surface area contributed by atoms with Crippen molar-refractivity contribution in [2.24, 2.45) is 0 Å². The van der Waals surface area contributed by atoms with Gasteiger partial charge in [0.1, 0.15) is 71.0 Å². The third-order valence-corrected chi connectivity index (χ3v) is 7.26. The fourth-order valence-corrected chi connectivity index (χ4v) is 4.80. The molecule has 1 aromatic heterocycles. The van der Waals surface area contributed by atoms with Crippen molar-refractivity contribution in [2.75, 3.05) is 27.4 Å². The topological polar surface area (TPSA) is 227 Å². The molecule has 0 unspecified atom stereocenters. The summed E-state index contributed by atoms with van der Waals surface area (Å²) < 4.78 is 38.6. The highest BCUT2D eigenvalue weighted by Crippen LogP contribution is 2.36. The van der Waals surface area contributed by atoms with Crippen molar-refractivity contribution in [2.45, 2.75) is 55.3 Å². The van der Waals surface area contributed by atoms with Gasteiger partial charge in [-0.15, -0.1) is 0 Å². The van der Waals surface area contributed by atoms with E-state index in [0.717, 1.165) is 0 Å². The first-order chi connectivity index (χ1) is 20.5. The Labute approximate surface area is 243 Å². The molecule has 15 nitrogen and oxygen atoms in total. The first kappa shape index (κ1) is 30.9. The van der Waals surface area contributed by atoms with E-state index in [1.54, 1.807) is 0 Å². The number of phenolic OH excluding ortho intramolecular Hbond substituents is 1. The van der Waals surface area contributed by atoms with Crippen LogP contribution in [0, 0.1) is 0 Å². The van der Waals surface area contributed by atoms with Crippen LogP contribution < -0.4 is 19.6 Å². The van der Waals surface area contributed by atoms with Gasteiger partial charge in [-0.1, -0.05) is 0 Å². The Morgan fingerprint density at radius 3 is 2.30 bits per heavy atom. The van der Waals surface area contributed by atoms with E-state index in [2.05, 4.69) is 0 Å². The van der Waals surface area contributed by atoms with Gasteiger partial charge in [-0.25, -0.2) is 0 Å². The van der Waals surface area contributed by atoms with Crippen molar-refractivity contribution in [3.8, 4) is 34.3 Å². The normalized spacial score (nSPS) is 31.1. The molecule has 3 heterocycles. The van der Waals surface area contributed by atoms with E-state index in [4.69, 9.17) is 32.8 Å². The standard InChI is InChI=1S/C28H32O15/c1-37-12-6-18-21(14(30)8-16(41-18)11-3-4-13(29)17(5-11)38-2)19(7-12)42-28-26(36)24(34)23(33)20(43-28)10-40-27-25(35)22(32)15(31)9-39-27/h3-8,15,20,22-29,31-36H,9-10H2,1-2H3/t15-,20-,22+,23-,24+,25-,26-,27+,28-/m1/s1. The molecule has 15 heteroatoms. The number of benzene rings is 2. The Morgan fingerprint density at radius 1 is 0.837 bits per heavy atom. The Bertz CT molecular complexity index is 1490. The number of aliphatic hydroxyl groups excluding tert-OH is 6. The smallest absolute Gasteiger partial charge is 0.229 e. The van der Waals surface area contributed by atoms with Gasteiger partial charge in [0, 0.05) is 23.8 Å². The van der Waals surface area contributed by atoms with Crippen LogP contribution in [0.25, 0.3) is 22.3 Å². The van der Waals surface area contributed by atoms with Crippen molar-refractivity contribution >= 4 is 11.0 Å². The summed E-state index contributed by atoms with van der Waals surface area (Å²) in [7, 11) is 2.75. The fraction of sp³-hybridized carbons (Fsp3) is 0.464. The predicted octanol–water partition coefficient (Wildman–Crippen LogP) is -1.18. The average molecular weight is 609 g/mol. The van der Waals surface area contributed by atoms with Crippen LogP contribution in [0.3, 0.4) is 0 Å². The van der Waals surface area contributed by atoms with Crippen molar-refractivity contribution in [3.05, 3.63) is 46.6 Å². The van der Waals surface area contributed by atoms with Crippen LogP contribution >= 0.6 is 0 Å². The second-order valence-corrected chi connectivity index (χ2v) is 10.1. The SMILES string of the molecule is COc1cc(O[C@@H]2O[C@H](CO[C@@H]3OC[C@@H](O)[C@H](O)[C@H]3O)[C@@H](O)[C@H](O)[C@H]2O)c2c(=O)cc(-c3ccc(O)c(OC)c3)oc2c1. The first-order valence-corrected chi connectivity index (χ1v) is 13.2. The van der Waals surface area contributed by atoms with Crippen LogP contribution in [0.4, 0.5) is 0 Å². The second-order valence-electron chi connectivity index (χ2n) is 10.1. The zero-order valence-electron chi connectivity index (χ0n) is 23.0. The number of methoxy groups -OCH3 is 2. The number of fused-ring (bicyclic) bond motifs is 1. The van der Waals surface area contributed by atoms with Crippen LogP contribution in [-0.2, 0) is 14.2 Å². The van der Waals surface area contributed by atoms with Crippen molar-refractivity contribution in [1.29, 1.82) is 0 Å². The van der Waals surface area contributed by atoms with Crippen LogP contribution in [0.2, 0.25) is 0 Å². The molecule has 0 radical (unpaired) electrons. The van der Waals surface area contributed by atoms with Gasteiger partial charge in [-0.3, -0.25) is 4.79 Å². The van der Waals surface area contributed by atoms with E-state index in [1.165, 1.54) is 50.6 Å². The molecule has 2 aromatic carbocycles. The summed E-state index contributed by atoms with van der Waals surface area (Å²) in [5, 5.41) is 71.1. The predicted molar refractivity (Wildman–Crippen MR) is 144 cm³/mol. The van der Waals surface area contributed by atoms with Crippen molar-refractivity contribution in [3.63, 3.8) is 0 Å². The quantitative estimate of drug-likeness (QED) is 0.160. The summed E-state index contributed by atoms with van der Waals surface area (Å²) in [6.07, 6.45) is -14.0. The molecular weight excluding hydrogens is 576 g/mol. The Hall–Kier alpha value is -3.51. The van der Waals surface area contributed by atoms with Gasteiger partial charge in [-0.05, 0) is 18.2 Å². The van der Waals surface area contributed by atoms with E-state index < -0.39 is 67.3 Å². The highest BCUT2D eigenvalue weighted by molar-refractivity contribution is 5.86. The molecule has 2 aliphatic heterocycles. The summed E-state index contributed by atoms with van der Waals surface area (Å²) in [5.41, 5.74) is -0.0752.